The molecule has 0 bridgehead atoms. The first kappa shape index (κ1) is 12.2. The maximum atomic E-state index is 11.0. The summed E-state index contributed by atoms with van der Waals surface area (Å²) in [7, 11) is 0. The summed E-state index contributed by atoms with van der Waals surface area (Å²) in [5, 5.41) is 9.05. The van der Waals surface area contributed by atoms with Crippen LogP contribution in [-0.4, -0.2) is 20.6 Å². The van der Waals surface area contributed by atoms with Gasteiger partial charge in [-0.15, -0.1) is 0 Å². The largest absolute Gasteiger partial charge is 0.478 e. The molecule has 1 saturated carbocycles. The van der Waals surface area contributed by atoms with Gasteiger partial charge in [0.15, 0.2) is 0 Å². The number of imidazole rings is 1. The van der Waals surface area contributed by atoms with Crippen molar-refractivity contribution >= 4 is 17.0 Å². The number of aromatic carboxylic acids is 1. The zero-order valence-corrected chi connectivity index (χ0v) is 11.3. The molecule has 0 amide bonds. The van der Waals surface area contributed by atoms with E-state index < -0.39 is 5.97 Å². The Kier molecular flexibility index (Phi) is 2.81. The van der Waals surface area contributed by atoms with Gasteiger partial charge >= 0.3 is 5.97 Å². The average molecular weight is 258 g/mol. The van der Waals surface area contributed by atoms with Crippen molar-refractivity contribution in [3.63, 3.8) is 0 Å². The lowest BCUT2D eigenvalue weighted by atomic mass is 10.1. The molecule has 1 fully saturated rings. The lowest BCUT2D eigenvalue weighted by Gasteiger charge is -2.09. The van der Waals surface area contributed by atoms with E-state index in [1.165, 1.54) is 12.8 Å². The average Bonchev–Trinajstić information content (AvgIpc) is 3.09. The summed E-state index contributed by atoms with van der Waals surface area (Å²) in [4.78, 5) is 15.7. The molecule has 1 N–H and O–H groups in total. The van der Waals surface area contributed by atoms with Crippen molar-refractivity contribution in [1.29, 1.82) is 0 Å². The normalized spacial score (nSPS) is 15.3. The van der Waals surface area contributed by atoms with Gasteiger partial charge in [-0.25, -0.2) is 9.78 Å². The summed E-state index contributed by atoms with van der Waals surface area (Å²) in [6.07, 6.45) is 3.35. The smallest absolute Gasteiger partial charge is 0.335 e. The first-order valence-electron chi connectivity index (χ1n) is 6.80. The van der Waals surface area contributed by atoms with Gasteiger partial charge in [-0.2, -0.15) is 0 Å². The van der Waals surface area contributed by atoms with E-state index in [0.29, 0.717) is 17.5 Å². The molecule has 3 rings (SSSR count). The maximum absolute atomic E-state index is 11.0. The minimum atomic E-state index is -0.895. The minimum absolute atomic E-state index is 0.309. The first-order chi connectivity index (χ1) is 9.06. The van der Waals surface area contributed by atoms with Crippen molar-refractivity contribution < 1.29 is 9.90 Å². The summed E-state index contributed by atoms with van der Waals surface area (Å²) >= 11 is 0. The summed E-state index contributed by atoms with van der Waals surface area (Å²) in [5.74, 6) is 0.747. The van der Waals surface area contributed by atoms with Gasteiger partial charge in [0.25, 0.3) is 0 Å². The highest BCUT2D eigenvalue weighted by molar-refractivity contribution is 5.92. The van der Waals surface area contributed by atoms with Crippen molar-refractivity contribution in [2.75, 3.05) is 0 Å². The minimum Gasteiger partial charge on any atom is -0.478 e. The summed E-state index contributed by atoms with van der Waals surface area (Å²) in [6.45, 7) is 4.36. The van der Waals surface area contributed by atoms with E-state index in [1.54, 1.807) is 12.1 Å². The summed E-state index contributed by atoms with van der Waals surface area (Å²) < 4.78 is 2.31. The second-order valence-corrected chi connectivity index (χ2v) is 5.74. The molecule has 19 heavy (non-hydrogen) atoms. The van der Waals surface area contributed by atoms with E-state index in [4.69, 9.17) is 5.11 Å². The van der Waals surface area contributed by atoms with E-state index in [9.17, 15) is 4.79 Å². The molecule has 0 spiro atoms. The Labute approximate surface area is 112 Å². The van der Waals surface area contributed by atoms with E-state index >= 15 is 0 Å². The number of carboxylic acid groups (broad SMARTS) is 1. The Morgan fingerprint density at radius 2 is 2.21 bits per heavy atom. The Hall–Kier alpha value is -1.84. The van der Waals surface area contributed by atoms with Crippen LogP contribution >= 0.6 is 0 Å². The molecule has 1 aromatic heterocycles. The molecule has 100 valence electrons. The molecule has 4 heteroatoms. The molecule has 2 aromatic rings. The van der Waals surface area contributed by atoms with Gasteiger partial charge in [0.2, 0.25) is 0 Å². The van der Waals surface area contributed by atoms with Gasteiger partial charge in [0.1, 0.15) is 5.82 Å². The lowest BCUT2D eigenvalue weighted by molar-refractivity contribution is 0.0697. The fourth-order valence-corrected chi connectivity index (χ4v) is 2.53. The Morgan fingerprint density at radius 1 is 1.47 bits per heavy atom. The monoisotopic (exact) mass is 258 g/mol. The predicted molar refractivity (Wildman–Crippen MR) is 73.5 cm³/mol. The number of hydrogen-bond acceptors (Lipinski definition) is 2. The van der Waals surface area contributed by atoms with Crippen LogP contribution in [0.5, 0.6) is 0 Å². The number of benzene rings is 1. The van der Waals surface area contributed by atoms with Gasteiger partial charge in [0, 0.05) is 12.5 Å². The molecule has 1 aliphatic carbocycles. The number of hydrogen-bond donors (Lipinski definition) is 1. The zero-order chi connectivity index (χ0) is 13.6. The highest BCUT2D eigenvalue weighted by Gasteiger charge is 2.28. The van der Waals surface area contributed by atoms with E-state index in [1.807, 2.05) is 6.07 Å². The zero-order valence-electron chi connectivity index (χ0n) is 11.3. The number of fused-ring (bicyclic) bond motifs is 1. The Balaban J connectivity index is 2.14. The highest BCUT2D eigenvalue weighted by atomic mass is 16.4. The van der Waals surface area contributed by atoms with E-state index in [-0.39, 0.29) is 0 Å². The molecular formula is C15H18N2O2. The number of rotatable bonds is 4. The topological polar surface area (TPSA) is 55.1 Å². The van der Waals surface area contributed by atoms with Crippen molar-refractivity contribution in [1.82, 2.24) is 9.55 Å². The van der Waals surface area contributed by atoms with Gasteiger partial charge in [-0.1, -0.05) is 13.8 Å². The molecule has 0 saturated heterocycles. The SMILES string of the molecule is CC(C)Cc1nc2cc(C(=O)O)ccc2n1C1CC1. The third kappa shape index (κ3) is 2.23. The summed E-state index contributed by atoms with van der Waals surface area (Å²) in [6, 6.07) is 5.81. The van der Waals surface area contributed by atoms with Gasteiger partial charge in [0.05, 0.1) is 16.6 Å². The Morgan fingerprint density at radius 3 is 2.79 bits per heavy atom. The van der Waals surface area contributed by atoms with Gasteiger partial charge in [-0.05, 0) is 37.0 Å². The molecule has 1 aliphatic rings. The van der Waals surface area contributed by atoms with Crippen molar-refractivity contribution in [2.24, 2.45) is 5.92 Å². The standard InChI is InChI=1S/C15H18N2O2/c1-9(2)7-14-16-12-8-10(15(18)19)3-6-13(12)17(14)11-4-5-11/h3,6,8-9,11H,4-5,7H2,1-2H3,(H,18,19). The van der Waals surface area contributed by atoms with E-state index in [2.05, 4.69) is 23.4 Å². The van der Waals surface area contributed by atoms with Crippen LogP contribution in [0.4, 0.5) is 0 Å². The molecular weight excluding hydrogens is 240 g/mol. The van der Waals surface area contributed by atoms with Crippen molar-refractivity contribution in [3.8, 4) is 0 Å². The number of carbonyl (C=O) groups is 1. The Bertz CT molecular complexity index is 639. The third-order valence-electron chi connectivity index (χ3n) is 3.51. The molecule has 0 aliphatic heterocycles. The second kappa shape index (κ2) is 4.37. The first-order valence-corrected chi connectivity index (χ1v) is 6.80. The molecule has 4 nitrogen and oxygen atoms in total. The summed E-state index contributed by atoms with van der Waals surface area (Å²) in [5.41, 5.74) is 2.19. The molecule has 1 aromatic carbocycles. The van der Waals surface area contributed by atoms with Crippen molar-refractivity contribution in [3.05, 3.63) is 29.6 Å². The molecule has 0 radical (unpaired) electrons. The van der Waals surface area contributed by atoms with Crippen LogP contribution in [0, 0.1) is 5.92 Å². The molecule has 0 atom stereocenters. The van der Waals surface area contributed by atoms with Crippen LogP contribution in [0.1, 0.15) is 48.9 Å². The maximum Gasteiger partial charge on any atom is 0.335 e. The van der Waals surface area contributed by atoms with Crippen molar-refractivity contribution in [2.45, 2.75) is 39.2 Å². The van der Waals surface area contributed by atoms with Crippen LogP contribution in [0.3, 0.4) is 0 Å². The number of nitrogens with zero attached hydrogens (tertiary/aromatic N) is 2. The van der Waals surface area contributed by atoms with Gasteiger partial charge in [-0.3, -0.25) is 0 Å². The second-order valence-electron chi connectivity index (χ2n) is 5.74. The lowest BCUT2D eigenvalue weighted by Crippen LogP contribution is -2.05. The fourth-order valence-electron chi connectivity index (χ4n) is 2.53. The van der Waals surface area contributed by atoms with Crippen LogP contribution in [-0.2, 0) is 6.42 Å². The number of aromatic nitrogens is 2. The number of carboxylic acids is 1. The highest BCUT2D eigenvalue weighted by Crippen LogP contribution is 2.39. The molecule has 1 heterocycles. The van der Waals surface area contributed by atoms with Crippen LogP contribution < -0.4 is 0 Å². The van der Waals surface area contributed by atoms with Gasteiger partial charge < -0.3 is 9.67 Å². The van der Waals surface area contributed by atoms with Crippen LogP contribution in [0.25, 0.3) is 11.0 Å². The van der Waals surface area contributed by atoms with E-state index in [0.717, 1.165) is 23.3 Å². The molecule has 0 unspecified atom stereocenters. The fraction of sp³-hybridized carbons (Fsp3) is 0.467. The van der Waals surface area contributed by atoms with Crippen LogP contribution in [0.15, 0.2) is 18.2 Å². The quantitative estimate of drug-likeness (QED) is 0.915. The van der Waals surface area contributed by atoms with Crippen LogP contribution in [0.2, 0.25) is 0 Å². The predicted octanol–water partition coefficient (Wildman–Crippen LogP) is 3.27. The third-order valence-corrected chi connectivity index (χ3v) is 3.51.